The van der Waals surface area contributed by atoms with Gasteiger partial charge in [-0.05, 0) is 43.2 Å². The van der Waals surface area contributed by atoms with Crippen LogP contribution in [0.1, 0.15) is 42.2 Å². The highest BCUT2D eigenvalue weighted by atomic mass is 16.5. The number of ether oxygens (including phenoxy) is 2. The van der Waals surface area contributed by atoms with Crippen LogP contribution in [0.25, 0.3) is 0 Å². The van der Waals surface area contributed by atoms with Crippen LogP contribution in [0.15, 0.2) is 47.2 Å². The standard InChI is InChI=1S/C24H29N5O3/c1-2-24-27-11-12-29(24)23(15-25)22-14-21(32-28-22)9-6-18-4-7-20(8-5-18)31-13-3-10-26-19-16-30-17-19/h4-5,7-8,11-12,14,19,23,26H,2-3,10,13,15-17,25H2,1H3. The lowest BCUT2D eigenvalue weighted by Gasteiger charge is -2.26. The van der Waals surface area contributed by atoms with Crippen molar-refractivity contribution in [2.24, 2.45) is 5.73 Å². The Bertz CT molecular complexity index is 1040. The minimum absolute atomic E-state index is 0.125. The van der Waals surface area contributed by atoms with Crippen LogP contribution in [-0.2, 0) is 11.2 Å². The van der Waals surface area contributed by atoms with Gasteiger partial charge in [0.25, 0.3) is 0 Å². The molecule has 0 bridgehead atoms. The van der Waals surface area contributed by atoms with Gasteiger partial charge in [-0.15, -0.1) is 0 Å². The highest BCUT2D eigenvalue weighted by molar-refractivity contribution is 5.42. The predicted octanol–water partition coefficient (Wildman–Crippen LogP) is 2.14. The van der Waals surface area contributed by atoms with Crippen LogP contribution >= 0.6 is 0 Å². The Hall–Kier alpha value is -3.12. The quantitative estimate of drug-likeness (QED) is 0.372. The van der Waals surface area contributed by atoms with Gasteiger partial charge in [0.15, 0.2) is 0 Å². The maximum Gasteiger partial charge on any atom is 0.210 e. The van der Waals surface area contributed by atoms with Crippen molar-refractivity contribution in [1.82, 2.24) is 20.0 Å². The average Bonchev–Trinajstić information content (AvgIpc) is 3.45. The van der Waals surface area contributed by atoms with E-state index in [-0.39, 0.29) is 6.04 Å². The molecule has 1 fully saturated rings. The van der Waals surface area contributed by atoms with Crippen LogP contribution in [0.3, 0.4) is 0 Å². The maximum atomic E-state index is 5.99. The van der Waals surface area contributed by atoms with E-state index in [2.05, 4.69) is 34.2 Å². The zero-order valence-electron chi connectivity index (χ0n) is 18.3. The first-order valence-corrected chi connectivity index (χ1v) is 11.0. The van der Waals surface area contributed by atoms with E-state index in [9.17, 15) is 0 Å². The molecule has 8 heteroatoms. The second-order valence-corrected chi connectivity index (χ2v) is 7.64. The molecule has 0 amide bonds. The monoisotopic (exact) mass is 435 g/mol. The zero-order valence-corrected chi connectivity index (χ0v) is 18.3. The van der Waals surface area contributed by atoms with Gasteiger partial charge in [0, 0.05) is 37.0 Å². The summed E-state index contributed by atoms with van der Waals surface area (Å²) in [7, 11) is 0. The maximum absolute atomic E-state index is 5.99. The summed E-state index contributed by atoms with van der Waals surface area (Å²) < 4.78 is 18.4. The van der Waals surface area contributed by atoms with E-state index in [0.29, 0.717) is 25.0 Å². The summed E-state index contributed by atoms with van der Waals surface area (Å²) in [6, 6.07) is 9.95. The molecule has 32 heavy (non-hydrogen) atoms. The van der Waals surface area contributed by atoms with Crippen LogP contribution in [0.2, 0.25) is 0 Å². The summed E-state index contributed by atoms with van der Waals surface area (Å²) in [5.41, 5.74) is 7.61. The number of hydrogen-bond donors (Lipinski definition) is 2. The Morgan fingerprint density at radius 1 is 1.28 bits per heavy atom. The smallest absolute Gasteiger partial charge is 0.210 e. The summed E-state index contributed by atoms with van der Waals surface area (Å²) in [5, 5.41) is 7.60. The van der Waals surface area contributed by atoms with Crippen molar-refractivity contribution in [2.45, 2.75) is 31.8 Å². The van der Waals surface area contributed by atoms with Crippen molar-refractivity contribution in [2.75, 3.05) is 32.9 Å². The third-order valence-corrected chi connectivity index (χ3v) is 5.34. The van der Waals surface area contributed by atoms with Gasteiger partial charge in [0.2, 0.25) is 5.76 Å². The molecule has 0 aliphatic carbocycles. The molecule has 1 atom stereocenters. The van der Waals surface area contributed by atoms with Gasteiger partial charge in [-0.25, -0.2) is 4.98 Å². The molecule has 168 valence electrons. The molecule has 3 aromatic rings. The highest BCUT2D eigenvalue weighted by Crippen LogP contribution is 2.19. The molecule has 1 aliphatic rings. The van der Waals surface area contributed by atoms with Crippen molar-refractivity contribution in [3.8, 4) is 17.6 Å². The molecule has 1 unspecified atom stereocenters. The molecule has 0 saturated carbocycles. The predicted molar refractivity (Wildman–Crippen MR) is 120 cm³/mol. The molecule has 0 spiro atoms. The highest BCUT2D eigenvalue weighted by Gasteiger charge is 2.19. The number of rotatable bonds is 10. The Labute approximate surface area is 188 Å². The number of aromatic nitrogens is 3. The molecule has 3 heterocycles. The van der Waals surface area contributed by atoms with Gasteiger partial charge in [0.1, 0.15) is 17.3 Å². The van der Waals surface area contributed by atoms with Gasteiger partial charge >= 0.3 is 0 Å². The molecule has 2 aromatic heterocycles. The normalized spacial score (nSPS) is 14.4. The summed E-state index contributed by atoms with van der Waals surface area (Å²) >= 11 is 0. The Morgan fingerprint density at radius 2 is 2.12 bits per heavy atom. The zero-order chi connectivity index (χ0) is 22.2. The van der Waals surface area contributed by atoms with Crippen molar-refractivity contribution < 1.29 is 14.0 Å². The van der Waals surface area contributed by atoms with E-state index in [1.165, 1.54) is 0 Å². The van der Waals surface area contributed by atoms with E-state index >= 15 is 0 Å². The van der Waals surface area contributed by atoms with Gasteiger partial charge < -0.3 is 29.6 Å². The molecule has 1 aromatic carbocycles. The topological polar surface area (TPSA) is 100 Å². The summed E-state index contributed by atoms with van der Waals surface area (Å²) in [4.78, 5) is 4.36. The fourth-order valence-corrected chi connectivity index (χ4v) is 3.47. The second kappa shape index (κ2) is 11.0. The third-order valence-electron chi connectivity index (χ3n) is 5.34. The summed E-state index contributed by atoms with van der Waals surface area (Å²) in [6.45, 7) is 5.70. The van der Waals surface area contributed by atoms with Crippen molar-refractivity contribution >= 4 is 0 Å². The van der Waals surface area contributed by atoms with E-state index in [0.717, 1.165) is 55.4 Å². The number of hydrogen-bond acceptors (Lipinski definition) is 7. The number of nitrogens with one attached hydrogen (secondary N) is 1. The summed E-state index contributed by atoms with van der Waals surface area (Å²) in [6.07, 6.45) is 5.46. The molecular formula is C24H29N5O3. The molecule has 4 rings (SSSR count). The lowest BCUT2D eigenvalue weighted by molar-refractivity contribution is -0.00522. The third kappa shape index (κ3) is 5.56. The van der Waals surface area contributed by atoms with Crippen LogP contribution in [-0.4, -0.2) is 53.7 Å². The van der Waals surface area contributed by atoms with E-state index in [1.54, 1.807) is 6.20 Å². The molecule has 0 radical (unpaired) electrons. The second-order valence-electron chi connectivity index (χ2n) is 7.64. The minimum atomic E-state index is -0.125. The lowest BCUT2D eigenvalue weighted by Crippen LogP contribution is -2.46. The van der Waals surface area contributed by atoms with Gasteiger partial charge in [-0.1, -0.05) is 18.0 Å². The van der Waals surface area contributed by atoms with Crippen LogP contribution in [0.4, 0.5) is 0 Å². The number of nitrogens with two attached hydrogens (primary N) is 1. The minimum Gasteiger partial charge on any atom is -0.494 e. The first-order chi connectivity index (χ1) is 15.8. The first kappa shape index (κ1) is 22.1. The fraction of sp³-hybridized carbons (Fsp3) is 0.417. The van der Waals surface area contributed by atoms with Crippen molar-refractivity contribution in [3.05, 3.63) is 65.6 Å². The molecule has 1 aliphatic heterocycles. The number of nitrogens with zero attached hydrogens (tertiary/aromatic N) is 3. The van der Waals surface area contributed by atoms with Gasteiger partial charge in [0.05, 0.1) is 31.9 Å². The Balaban J connectivity index is 1.30. The number of imidazole rings is 1. The van der Waals surface area contributed by atoms with E-state index in [1.807, 2.05) is 41.1 Å². The van der Waals surface area contributed by atoms with Crippen LogP contribution < -0.4 is 15.8 Å². The van der Waals surface area contributed by atoms with Gasteiger partial charge in [-0.3, -0.25) is 0 Å². The summed E-state index contributed by atoms with van der Waals surface area (Å²) in [5.74, 6) is 8.43. The van der Waals surface area contributed by atoms with E-state index < -0.39 is 0 Å². The average molecular weight is 436 g/mol. The largest absolute Gasteiger partial charge is 0.494 e. The fourth-order valence-electron chi connectivity index (χ4n) is 3.47. The lowest BCUT2D eigenvalue weighted by atomic mass is 10.2. The molecular weight excluding hydrogens is 406 g/mol. The van der Waals surface area contributed by atoms with Crippen molar-refractivity contribution in [1.29, 1.82) is 0 Å². The van der Waals surface area contributed by atoms with Crippen LogP contribution in [0, 0.1) is 11.8 Å². The Morgan fingerprint density at radius 3 is 2.84 bits per heavy atom. The molecule has 8 nitrogen and oxygen atoms in total. The SMILES string of the molecule is CCc1nccn1C(CN)c1cc(C#Cc2ccc(OCCCNC3COC3)cc2)on1. The molecule has 1 saturated heterocycles. The first-order valence-electron chi connectivity index (χ1n) is 11.0. The Kier molecular flexibility index (Phi) is 7.56. The molecule has 3 N–H and O–H groups in total. The van der Waals surface area contributed by atoms with Crippen LogP contribution in [0.5, 0.6) is 5.75 Å². The van der Waals surface area contributed by atoms with Crippen molar-refractivity contribution in [3.63, 3.8) is 0 Å². The van der Waals surface area contributed by atoms with E-state index in [4.69, 9.17) is 19.7 Å². The number of aryl methyl sites for hydroxylation is 1. The number of benzene rings is 1. The van der Waals surface area contributed by atoms with Gasteiger partial charge in [-0.2, -0.15) is 0 Å².